The Morgan fingerprint density at radius 3 is 2.63 bits per heavy atom. The molecule has 0 bridgehead atoms. The van der Waals surface area contributed by atoms with E-state index >= 15 is 0 Å². The van der Waals surface area contributed by atoms with E-state index in [0.29, 0.717) is 15.7 Å². The van der Waals surface area contributed by atoms with E-state index in [1.165, 1.54) is 0 Å². The SMILES string of the molecule is O=C(NC(=S)c1ccncc1)Nc1cccc(Cl)c1. The zero-order chi connectivity index (χ0) is 13.7. The van der Waals surface area contributed by atoms with Crippen molar-refractivity contribution < 1.29 is 4.79 Å². The molecule has 1 heterocycles. The van der Waals surface area contributed by atoms with Gasteiger partial charge >= 0.3 is 6.03 Å². The largest absolute Gasteiger partial charge is 0.324 e. The van der Waals surface area contributed by atoms with Crippen LogP contribution in [0.5, 0.6) is 0 Å². The third kappa shape index (κ3) is 4.01. The van der Waals surface area contributed by atoms with Crippen LogP contribution in [0.3, 0.4) is 0 Å². The summed E-state index contributed by atoms with van der Waals surface area (Å²) < 4.78 is 0. The Labute approximate surface area is 120 Å². The Morgan fingerprint density at radius 1 is 1.21 bits per heavy atom. The fourth-order valence-electron chi connectivity index (χ4n) is 1.41. The number of hydrogen-bond acceptors (Lipinski definition) is 3. The summed E-state index contributed by atoms with van der Waals surface area (Å²) in [5, 5.41) is 5.77. The van der Waals surface area contributed by atoms with Crippen molar-refractivity contribution in [3.05, 3.63) is 59.4 Å². The molecule has 96 valence electrons. The molecule has 1 aromatic carbocycles. The Balaban J connectivity index is 1.97. The molecule has 0 saturated heterocycles. The number of carbonyl (C=O) groups is 1. The summed E-state index contributed by atoms with van der Waals surface area (Å²) in [6.07, 6.45) is 3.22. The van der Waals surface area contributed by atoms with Crippen LogP contribution in [0, 0.1) is 0 Å². The molecule has 0 aliphatic heterocycles. The quantitative estimate of drug-likeness (QED) is 0.835. The lowest BCUT2D eigenvalue weighted by molar-refractivity contribution is 0.256. The van der Waals surface area contributed by atoms with E-state index in [1.54, 1.807) is 48.8 Å². The van der Waals surface area contributed by atoms with Gasteiger partial charge in [-0.25, -0.2) is 4.79 Å². The number of pyridine rings is 1. The minimum atomic E-state index is -0.413. The first-order valence-corrected chi connectivity index (χ1v) is 6.22. The molecule has 2 amide bonds. The first-order chi connectivity index (χ1) is 9.15. The zero-order valence-electron chi connectivity index (χ0n) is 9.76. The summed E-state index contributed by atoms with van der Waals surface area (Å²) in [6, 6.07) is 9.90. The summed E-state index contributed by atoms with van der Waals surface area (Å²) in [5.41, 5.74) is 1.33. The van der Waals surface area contributed by atoms with Crippen molar-refractivity contribution in [1.82, 2.24) is 10.3 Å². The third-order valence-corrected chi connectivity index (χ3v) is 2.82. The monoisotopic (exact) mass is 291 g/mol. The molecular formula is C13H10ClN3OS. The number of urea groups is 1. The predicted octanol–water partition coefficient (Wildman–Crippen LogP) is 3.23. The standard InChI is InChI=1S/C13H10ClN3OS/c14-10-2-1-3-11(8-10)16-13(18)17-12(19)9-4-6-15-7-5-9/h1-8H,(H2,16,17,18,19). The van der Waals surface area contributed by atoms with Crippen molar-refractivity contribution in [1.29, 1.82) is 0 Å². The van der Waals surface area contributed by atoms with Crippen molar-refractivity contribution in [3.8, 4) is 0 Å². The van der Waals surface area contributed by atoms with Gasteiger partial charge < -0.3 is 5.32 Å². The van der Waals surface area contributed by atoms with Crippen LogP contribution in [0.4, 0.5) is 10.5 Å². The van der Waals surface area contributed by atoms with Crippen LogP contribution in [-0.2, 0) is 0 Å². The number of aromatic nitrogens is 1. The molecule has 2 aromatic rings. The van der Waals surface area contributed by atoms with E-state index in [0.717, 1.165) is 5.56 Å². The highest BCUT2D eigenvalue weighted by Crippen LogP contribution is 2.14. The first-order valence-electron chi connectivity index (χ1n) is 5.43. The maximum absolute atomic E-state index is 11.7. The second-order valence-electron chi connectivity index (χ2n) is 3.65. The highest BCUT2D eigenvalue weighted by Gasteiger charge is 2.06. The number of hydrogen-bond donors (Lipinski definition) is 2. The number of nitrogens with zero attached hydrogens (tertiary/aromatic N) is 1. The van der Waals surface area contributed by atoms with Gasteiger partial charge in [-0.1, -0.05) is 29.9 Å². The number of carbonyl (C=O) groups excluding carboxylic acids is 1. The van der Waals surface area contributed by atoms with Crippen LogP contribution < -0.4 is 10.6 Å². The number of rotatable bonds is 2. The predicted molar refractivity (Wildman–Crippen MR) is 79.5 cm³/mol. The number of thiocarbonyl (C=S) groups is 1. The molecule has 1 aromatic heterocycles. The molecular weight excluding hydrogens is 282 g/mol. The molecule has 0 spiro atoms. The molecule has 0 atom stereocenters. The molecule has 0 unspecified atom stereocenters. The maximum atomic E-state index is 11.7. The fraction of sp³-hybridized carbons (Fsp3) is 0. The summed E-state index contributed by atoms with van der Waals surface area (Å²) in [7, 11) is 0. The molecule has 0 radical (unpaired) electrons. The van der Waals surface area contributed by atoms with Gasteiger partial charge in [-0.2, -0.15) is 0 Å². The average molecular weight is 292 g/mol. The topological polar surface area (TPSA) is 54.0 Å². The molecule has 19 heavy (non-hydrogen) atoms. The molecule has 2 rings (SSSR count). The molecule has 2 N–H and O–H groups in total. The highest BCUT2D eigenvalue weighted by molar-refractivity contribution is 7.80. The number of benzene rings is 1. The molecule has 4 nitrogen and oxygen atoms in total. The Bertz CT molecular complexity index is 604. The van der Waals surface area contributed by atoms with E-state index < -0.39 is 6.03 Å². The van der Waals surface area contributed by atoms with Crippen molar-refractivity contribution in [3.63, 3.8) is 0 Å². The summed E-state index contributed by atoms with van der Waals surface area (Å²) in [6.45, 7) is 0. The van der Waals surface area contributed by atoms with Crippen LogP contribution in [0.15, 0.2) is 48.8 Å². The first kappa shape index (κ1) is 13.5. The van der Waals surface area contributed by atoms with E-state index in [4.69, 9.17) is 23.8 Å². The number of anilines is 1. The number of halogens is 1. The Morgan fingerprint density at radius 2 is 1.95 bits per heavy atom. The Hall–Kier alpha value is -1.98. The van der Waals surface area contributed by atoms with Gasteiger partial charge in [0.2, 0.25) is 0 Å². The van der Waals surface area contributed by atoms with Gasteiger partial charge in [0.25, 0.3) is 0 Å². The van der Waals surface area contributed by atoms with Gasteiger partial charge in [0.05, 0.1) is 0 Å². The van der Waals surface area contributed by atoms with Crippen molar-refractivity contribution in [2.75, 3.05) is 5.32 Å². The van der Waals surface area contributed by atoms with Crippen LogP contribution in [0.25, 0.3) is 0 Å². The van der Waals surface area contributed by atoms with Gasteiger partial charge in [-0.15, -0.1) is 0 Å². The third-order valence-electron chi connectivity index (χ3n) is 2.25. The number of amides is 2. The summed E-state index contributed by atoms with van der Waals surface area (Å²) >= 11 is 10.9. The lowest BCUT2D eigenvalue weighted by Gasteiger charge is -2.08. The lowest BCUT2D eigenvalue weighted by atomic mass is 10.3. The molecule has 0 saturated carbocycles. The van der Waals surface area contributed by atoms with Crippen LogP contribution in [-0.4, -0.2) is 16.0 Å². The van der Waals surface area contributed by atoms with Gasteiger partial charge in [-0.3, -0.25) is 10.3 Å². The minimum absolute atomic E-state index is 0.335. The van der Waals surface area contributed by atoms with E-state index in [-0.39, 0.29) is 0 Å². The summed E-state index contributed by atoms with van der Waals surface area (Å²) in [4.78, 5) is 16.0. The molecule has 6 heteroatoms. The van der Waals surface area contributed by atoms with Crippen LogP contribution in [0.2, 0.25) is 5.02 Å². The molecule has 0 fully saturated rings. The second-order valence-corrected chi connectivity index (χ2v) is 4.50. The maximum Gasteiger partial charge on any atom is 0.324 e. The highest BCUT2D eigenvalue weighted by atomic mass is 35.5. The average Bonchev–Trinajstić information content (AvgIpc) is 2.39. The summed E-state index contributed by atoms with van der Waals surface area (Å²) in [5.74, 6) is 0. The lowest BCUT2D eigenvalue weighted by Crippen LogP contribution is -2.33. The van der Waals surface area contributed by atoms with E-state index in [2.05, 4.69) is 15.6 Å². The van der Waals surface area contributed by atoms with E-state index in [9.17, 15) is 4.79 Å². The zero-order valence-corrected chi connectivity index (χ0v) is 11.3. The van der Waals surface area contributed by atoms with Crippen molar-refractivity contribution in [2.45, 2.75) is 0 Å². The van der Waals surface area contributed by atoms with Crippen molar-refractivity contribution in [2.24, 2.45) is 0 Å². The van der Waals surface area contributed by atoms with Gasteiger partial charge in [-0.05, 0) is 30.3 Å². The van der Waals surface area contributed by atoms with Crippen LogP contribution in [0.1, 0.15) is 5.56 Å². The smallest absolute Gasteiger partial charge is 0.308 e. The van der Waals surface area contributed by atoms with Gasteiger partial charge in [0.15, 0.2) is 0 Å². The van der Waals surface area contributed by atoms with Crippen LogP contribution >= 0.6 is 23.8 Å². The van der Waals surface area contributed by atoms with Gasteiger partial charge in [0, 0.05) is 28.7 Å². The van der Waals surface area contributed by atoms with E-state index in [1.807, 2.05) is 0 Å². The second kappa shape index (κ2) is 6.26. The molecule has 0 aliphatic rings. The normalized spacial score (nSPS) is 9.74. The fourth-order valence-corrected chi connectivity index (χ4v) is 1.83. The van der Waals surface area contributed by atoms with Crippen molar-refractivity contribution >= 4 is 40.5 Å². The minimum Gasteiger partial charge on any atom is -0.308 e. The Kier molecular flexibility index (Phi) is 4.43. The number of nitrogens with one attached hydrogen (secondary N) is 2. The molecule has 0 aliphatic carbocycles. The van der Waals surface area contributed by atoms with Gasteiger partial charge in [0.1, 0.15) is 4.99 Å².